The van der Waals surface area contributed by atoms with Gasteiger partial charge in [-0.2, -0.15) is 0 Å². The van der Waals surface area contributed by atoms with Crippen LogP contribution in [0.15, 0.2) is 48.5 Å². The lowest BCUT2D eigenvalue weighted by Gasteiger charge is -2.10. The Labute approximate surface area is 118 Å². The monoisotopic (exact) mass is 270 g/mol. The molecule has 0 aromatic heterocycles. The maximum absolute atomic E-state index is 12.1. The SMILES string of the molecule is COc1cccc(CC(=O)Nc2ccccc2CN)c1. The van der Waals surface area contributed by atoms with Crippen LogP contribution in [-0.2, 0) is 17.8 Å². The first-order valence-corrected chi connectivity index (χ1v) is 6.43. The second-order valence-corrected chi connectivity index (χ2v) is 4.44. The van der Waals surface area contributed by atoms with Crippen LogP contribution < -0.4 is 15.8 Å². The molecule has 0 aliphatic carbocycles. The minimum Gasteiger partial charge on any atom is -0.497 e. The summed E-state index contributed by atoms with van der Waals surface area (Å²) < 4.78 is 5.14. The van der Waals surface area contributed by atoms with Gasteiger partial charge in [0.1, 0.15) is 5.75 Å². The van der Waals surface area contributed by atoms with E-state index in [1.165, 1.54) is 0 Å². The number of anilines is 1. The third kappa shape index (κ3) is 3.59. The average Bonchev–Trinajstić information content (AvgIpc) is 2.48. The number of rotatable bonds is 5. The quantitative estimate of drug-likeness (QED) is 0.876. The Balaban J connectivity index is 2.05. The molecule has 0 fully saturated rings. The van der Waals surface area contributed by atoms with E-state index in [0.717, 1.165) is 22.6 Å². The molecule has 1 amide bonds. The molecule has 0 saturated heterocycles. The predicted molar refractivity (Wildman–Crippen MR) is 79.7 cm³/mol. The average molecular weight is 270 g/mol. The normalized spacial score (nSPS) is 10.1. The first-order valence-electron chi connectivity index (χ1n) is 6.43. The smallest absolute Gasteiger partial charge is 0.228 e. The Bertz CT molecular complexity index is 597. The lowest BCUT2D eigenvalue weighted by molar-refractivity contribution is -0.115. The number of methoxy groups -OCH3 is 1. The number of benzene rings is 2. The van der Waals surface area contributed by atoms with E-state index in [4.69, 9.17) is 10.5 Å². The third-order valence-corrected chi connectivity index (χ3v) is 3.01. The topological polar surface area (TPSA) is 64.3 Å². The number of carbonyl (C=O) groups excluding carboxylic acids is 1. The van der Waals surface area contributed by atoms with Gasteiger partial charge in [0.15, 0.2) is 0 Å². The molecule has 0 radical (unpaired) electrons. The molecular formula is C16H18N2O2. The van der Waals surface area contributed by atoms with Gasteiger partial charge in [-0.15, -0.1) is 0 Å². The van der Waals surface area contributed by atoms with Gasteiger partial charge in [-0.05, 0) is 29.3 Å². The van der Waals surface area contributed by atoms with Crippen LogP contribution in [0.3, 0.4) is 0 Å². The van der Waals surface area contributed by atoms with Crippen molar-refractivity contribution in [1.82, 2.24) is 0 Å². The van der Waals surface area contributed by atoms with Crippen LogP contribution in [0, 0.1) is 0 Å². The largest absolute Gasteiger partial charge is 0.497 e. The van der Waals surface area contributed by atoms with Gasteiger partial charge in [0, 0.05) is 12.2 Å². The van der Waals surface area contributed by atoms with Crippen molar-refractivity contribution >= 4 is 11.6 Å². The van der Waals surface area contributed by atoms with Crippen LogP contribution in [0.5, 0.6) is 5.75 Å². The van der Waals surface area contributed by atoms with Crippen molar-refractivity contribution in [3.63, 3.8) is 0 Å². The van der Waals surface area contributed by atoms with Gasteiger partial charge in [-0.25, -0.2) is 0 Å². The van der Waals surface area contributed by atoms with E-state index in [0.29, 0.717) is 13.0 Å². The first kappa shape index (κ1) is 14.1. The van der Waals surface area contributed by atoms with Gasteiger partial charge in [0.2, 0.25) is 5.91 Å². The molecule has 4 nitrogen and oxygen atoms in total. The van der Waals surface area contributed by atoms with Crippen molar-refractivity contribution in [2.24, 2.45) is 5.73 Å². The van der Waals surface area contributed by atoms with E-state index in [-0.39, 0.29) is 5.91 Å². The number of carbonyl (C=O) groups is 1. The van der Waals surface area contributed by atoms with Crippen LogP contribution in [0.2, 0.25) is 0 Å². The number of para-hydroxylation sites is 1. The van der Waals surface area contributed by atoms with Crippen LogP contribution in [0.25, 0.3) is 0 Å². The Hall–Kier alpha value is -2.33. The van der Waals surface area contributed by atoms with Gasteiger partial charge in [-0.3, -0.25) is 4.79 Å². The van der Waals surface area contributed by atoms with Crippen LogP contribution in [0.4, 0.5) is 5.69 Å². The zero-order chi connectivity index (χ0) is 14.4. The van der Waals surface area contributed by atoms with E-state index in [1.54, 1.807) is 7.11 Å². The molecule has 0 saturated carbocycles. The summed E-state index contributed by atoms with van der Waals surface area (Å²) in [5, 5.41) is 2.89. The Kier molecular flexibility index (Phi) is 4.74. The molecule has 0 spiro atoms. The van der Waals surface area contributed by atoms with E-state index in [2.05, 4.69) is 5.32 Å². The Morgan fingerprint density at radius 3 is 2.75 bits per heavy atom. The molecule has 0 unspecified atom stereocenters. The van der Waals surface area contributed by atoms with Gasteiger partial charge in [-0.1, -0.05) is 30.3 Å². The Morgan fingerprint density at radius 1 is 1.20 bits per heavy atom. The summed E-state index contributed by atoms with van der Waals surface area (Å²) in [6.45, 7) is 0.398. The van der Waals surface area contributed by atoms with Crippen molar-refractivity contribution in [2.75, 3.05) is 12.4 Å². The molecule has 2 rings (SSSR count). The zero-order valence-corrected chi connectivity index (χ0v) is 11.4. The molecule has 3 N–H and O–H groups in total. The minimum absolute atomic E-state index is 0.0702. The zero-order valence-electron chi connectivity index (χ0n) is 11.4. The highest BCUT2D eigenvalue weighted by molar-refractivity contribution is 5.93. The summed E-state index contributed by atoms with van der Waals surface area (Å²) in [7, 11) is 1.61. The molecule has 104 valence electrons. The van der Waals surface area contributed by atoms with Crippen LogP contribution >= 0.6 is 0 Å². The van der Waals surface area contributed by atoms with Crippen molar-refractivity contribution < 1.29 is 9.53 Å². The highest BCUT2D eigenvalue weighted by Gasteiger charge is 2.07. The Morgan fingerprint density at radius 2 is 2.00 bits per heavy atom. The van der Waals surface area contributed by atoms with Crippen molar-refractivity contribution in [2.45, 2.75) is 13.0 Å². The van der Waals surface area contributed by atoms with E-state index in [9.17, 15) is 4.79 Å². The number of amides is 1. The van der Waals surface area contributed by atoms with Gasteiger partial charge >= 0.3 is 0 Å². The summed E-state index contributed by atoms with van der Waals surface area (Å²) in [6.07, 6.45) is 0.302. The fourth-order valence-corrected chi connectivity index (χ4v) is 1.98. The van der Waals surface area contributed by atoms with Crippen LogP contribution in [-0.4, -0.2) is 13.0 Å². The highest BCUT2D eigenvalue weighted by atomic mass is 16.5. The van der Waals surface area contributed by atoms with E-state index in [1.807, 2.05) is 48.5 Å². The lowest BCUT2D eigenvalue weighted by atomic mass is 10.1. The third-order valence-electron chi connectivity index (χ3n) is 3.01. The summed E-state index contributed by atoms with van der Waals surface area (Å²) in [6, 6.07) is 15.0. The predicted octanol–water partition coefficient (Wildman–Crippen LogP) is 2.34. The maximum atomic E-state index is 12.1. The van der Waals surface area contributed by atoms with Crippen LogP contribution in [0.1, 0.15) is 11.1 Å². The van der Waals surface area contributed by atoms with Gasteiger partial charge in [0.25, 0.3) is 0 Å². The fraction of sp³-hybridized carbons (Fsp3) is 0.188. The van der Waals surface area contributed by atoms with Crippen molar-refractivity contribution in [1.29, 1.82) is 0 Å². The molecule has 2 aromatic rings. The second-order valence-electron chi connectivity index (χ2n) is 4.44. The molecule has 0 aliphatic heterocycles. The molecule has 0 aliphatic rings. The standard InChI is InChI=1S/C16H18N2O2/c1-20-14-7-4-5-12(9-14)10-16(19)18-15-8-3-2-6-13(15)11-17/h2-9H,10-11,17H2,1H3,(H,18,19). The van der Waals surface area contributed by atoms with E-state index < -0.39 is 0 Å². The number of hydrogen-bond donors (Lipinski definition) is 2. The van der Waals surface area contributed by atoms with Gasteiger partial charge < -0.3 is 15.8 Å². The van der Waals surface area contributed by atoms with Crippen molar-refractivity contribution in [3.05, 3.63) is 59.7 Å². The molecule has 0 atom stereocenters. The second kappa shape index (κ2) is 6.73. The molecular weight excluding hydrogens is 252 g/mol. The molecule has 4 heteroatoms. The summed E-state index contributed by atoms with van der Waals surface area (Å²) in [5.74, 6) is 0.678. The summed E-state index contributed by atoms with van der Waals surface area (Å²) in [4.78, 5) is 12.1. The minimum atomic E-state index is -0.0702. The van der Waals surface area contributed by atoms with E-state index >= 15 is 0 Å². The molecule has 2 aromatic carbocycles. The fourth-order valence-electron chi connectivity index (χ4n) is 1.98. The summed E-state index contributed by atoms with van der Waals surface area (Å²) in [5.41, 5.74) is 8.25. The highest BCUT2D eigenvalue weighted by Crippen LogP contribution is 2.16. The molecule has 0 heterocycles. The van der Waals surface area contributed by atoms with Crippen molar-refractivity contribution in [3.8, 4) is 5.75 Å². The molecule has 20 heavy (non-hydrogen) atoms. The number of hydrogen-bond acceptors (Lipinski definition) is 3. The first-order chi connectivity index (χ1) is 9.72. The number of nitrogens with one attached hydrogen (secondary N) is 1. The number of nitrogens with two attached hydrogens (primary N) is 1. The molecule has 0 bridgehead atoms. The lowest BCUT2D eigenvalue weighted by Crippen LogP contribution is -2.16. The summed E-state index contributed by atoms with van der Waals surface area (Å²) >= 11 is 0. The van der Waals surface area contributed by atoms with Gasteiger partial charge in [0.05, 0.1) is 13.5 Å². The number of ether oxygens (including phenoxy) is 1. The maximum Gasteiger partial charge on any atom is 0.228 e.